The Labute approximate surface area is 156 Å². The summed E-state index contributed by atoms with van der Waals surface area (Å²) in [7, 11) is 1.37. The van der Waals surface area contributed by atoms with Gasteiger partial charge in [0.2, 0.25) is 0 Å². The summed E-state index contributed by atoms with van der Waals surface area (Å²) in [5.41, 5.74) is 11.2. The second-order valence-electron chi connectivity index (χ2n) is 6.99. The normalized spacial score (nSPS) is 16.1. The lowest BCUT2D eigenvalue weighted by atomic mass is 9.91. The highest BCUT2D eigenvalue weighted by Gasteiger charge is 2.26. The summed E-state index contributed by atoms with van der Waals surface area (Å²) in [6, 6.07) is 12.6. The fraction of sp³-hybridized carbons (Fsp3) is 0.286. The molecule has 1 atom stereocenters. The molecule has 1 heterocycles. The van der Waals surface area contributed by atoms with Gasteiger partial charge in [-0.2, -0.15) is 0 Å². The van der Waals surface area contributed by atoms with E-state index in [1.807, 2.05) is 24.3 Å². The van der Waals surface area contributed by atoms with Crippen LogP contribution in [0.2, 0.25) is 0 Å². The van der Waals surface area contributed by atoms with Crippen LogP contribution in [0.1, 0.15) is 23.2 Å². The molecule has 0 bridgehead atoms. The lowest BCUT2D eigenvalue weighted by Crippen LogP contribution is -2.38. The van der Waals surface area contributed by atoms with E-state index in [0.717, 1.165) is 35.7 Å². The van der Waals surface area contributed by atoms with Gasteiger partial charge in [0.25, 0.3) is 0 Å². The van der Waals surface area contributed by atoms with Gasteiger partial charge in [0.1, 0.15) is 5.82 Å². The van der Waals surface area contributed by atoms with E-state index in [2.05, 4.69) is 9.88 Å². The molecule has 0 radical (unpaired) electrons. The predicted octanol–water partition coefficient (Wildman–Crippen LogP) is 3.62. The van der Waals surface area contributed by atoms with Crippen LogP contribution in [0.4, 0.5) is 14.9 Å². The average Bonchev–Trinajstić information content (AvgIpc) is 2.94. The minimum Gasteiger partial charge on any atom is -0.453 e. The Morgan fingerprint density at radius 2 is 2.19 bits per heavy atom. The zero-order valence-electron chi connectivity index (χ0n) is 15.2. The zero-order valence-corrected chi connectivity index (χ0v) is 15.2. The second kappa shape index (κ2) is 6.95. The number of hydrogen-bond donors (Lipinski definition) is 2. The molecular formula is C21H22FN3O2. The van der Waals surface area contributed by atoms with Gasteiger partial charge in [0.15, 0.2) is 0 Å². The Bertz CT molecular complexity index is 1010. The minimum atomic E-state index is -0.411. The van der Waals surface area contributed by atoms with Crippen LogP contribution >= 0.6 is 0 Å². The highest BCUT2D eigenvalue weighted by molar-refractivity contribution is 5.88. The van der Waals surface area contributed by atoms with E-state index in [-0.39, 0.29) is 11.9 Å². The van der Waals surface area contributed by atoms with Crippen molar-refractivity contribution < 1.29 is 13.9 Å². The molecule has 1 aliphatic carbocycles. The first-order chi connectivity index (χ1) is 13.0. The highest BCUT2D eigenvalue weighted by atomic mass is 19.1. The molecule has 0 aliphatic heterocycles. The van der Waals surface area contributed by atoms with E-state index in [9.17, 15) is 9.18 Å². The molecule has 1 unspecified atom stereocenters. The summed E-state index contributed by atoms with van der Waals surface area (Å²) in [6.45, 7) is 0.600. The number of halogens is 1. The smallest absolute Gasteiger partial charge is 0.407 e. The molecule has 0 spiro atoms. The molecule has 3 aromatic rings. The maximum atomic E-state index is 13.6. The van der Waals surface area contributed by atoms with Gasteiger partial charge < -0.3 is 20.4 Å². The molecule has 3 N–H and O–H groups in total. The SMILES string of the molecule is COC(=O)NC1CCc2c(c3cc(N)ccc3n2Cc2cccc(F)c2)C1. The Morgan fingerprint density at radius 1 is 1.33 bits per heavy atom. The maximum absolute atomic E-state index is 13.6. The number of nitrogens with two attached hydrogens (primary N) is 1. The van der Waals surface area contributed by atoms with Gasteiger partial charge >= 0.3 is 6.09 Å². The van der Waals surface area contributed by atoms with Crippen LogP contribution in [0.25, 0.3) is 10.9 Å². The Balaban J connectivity index is 1.76. The average molecular weight is 367 g/mol. The standard InChI is InChI=1S/C21H22FN3O2/c1-27-21(26)24-16-6-8-20-18(11-16)17-10-15(23)5-7-19(17)25(20)12-13-3-2-4-14(22)9-13/h2-5,7,9-10,16H,6,8,11-12,23H2,1H3,(H,24,26). The number of benzene rings is 2. The summed E-state index contributed by atoms with van der Waals surface area (Å²) in [5, 5.41) is 4.00. The molecule has 140 valence electrons. The lowest BCUT2D eigenvalue weighted by molar-refractivity contribution is 0.165. The first-order valence-corrected chi connectivity index (χ1v) is 9.03. The molecule has 4 rings (SSSR count). The van der Waals surface area contributed by atoms with Crippen LogP contribution in [-0.2, 0) is 24.1 Å². The van der Waals surface area contributed by atoms with Gasteiger partial charge in [-0.15, -0.1) is 0 Å². The number of aromatic nitrogens is 1. The van der Waals surface area contributed by atoms with Crippen molar-refractivity contribution in [3.8, 4) is 0 Å². The number of nitrogen functional groups attached to an aromatic ring is 1. The number of anilines is 1. The van der Waals surface area contributed by atoms with Gasteiger partial charge in [-0.25, -0.2) is 9.18 Å². The van der Waals surface area contributed by atoms with Crippen LogP contribution in [0.5, 0.6) is 0 Å². The van der Waals surface area contributed by atoms with E-state index < -0.39 is 6.09 Å². The zero-order chi connectivity index (χ0) is 19.0. The lowest BCUT2D eigenvalue weighted by Gasteiger charge is -2.24. The van der Waals surface area contributed by atoms with Gasteiger partial charge in [0, 0.05) is 34.9 Å². The monoisotopic (exact) mass is 367 g/mol. The third-order valence-corrected chi connectivity index (χ3v) is 5.23. The highest BCUT2D eigenvalue weighted by Crippen LogP contribution is 2.34. The molecule has 0 fully saturated rings. The molecule has 1 amide bonds. The van der Waals surface area contributed by atoms with Gasteiger partial charge in [-0.3, -0.25) is 0 Å². The van der Waals surface area contributed by atoms with Crippen molar-refractivity contribution in [1.29, 1.82) is 0 Å². The van der Waals surface area contributed by atoms with Gasteiger partial charge in [-0.1, -0.05) is 12.1 Å². The molecule has 2 aromatic carbocycles. The summed E-state index contributed by atoms with van der Waals surface area (Å²) < 4.78 is 20.6. The molecular weight excluding hydrogens is 345 g/mol. The summed E-state index contributed by atoms with van der Waals surface area (Å²) in [4.78, 5) is 11.6. The first kappa shape index (κ1) is 17.4. The van der Waals surface area contributed by atoms with Crippen molar-refractivity contribution in [3.05, 3.63) is 65.1 Å². The number of alkyl carbamates (subject to hydrolysis) is 1. The van der Waals surface area contributed by atoms with Crippen LogP contribution in [-0.4, -0.2) is 23.8 Å². The number of carbonyl (C=O) groups excluding carboxylic acids is 1. The van der Waals surface area contributed by atoms with Gasteiger partial charge in [0.05, 0.1) is 7.11 Å². The molecule has 0 saturated carbocycles. The number of ether oxygens (including phenoxy) is 1. The molecule has 1 aromatic heterocycles. The molecule has 5 nitrogen and oxygen atoms in total. The van der Waals surface area contributed by atoms with Crippen LogP contribution in [0.15, 0.2) is 42.5 Å². The Hall–Kier alpha value is -3.02. The molecule has 0 saturated heterocycles. The number of fused-ring (bicyclic) bond motifs is 3. The molecule has 1 aliphatic rings. The van der Waals surface area contributed by atoms with Crippen LogP contribution < -0.4 is 11.1 Å². The number of methoxy groups -OCH3 is 1. The summed E-state index contributed by atoms with van der Waals surface area (Å²) in [5.74, 6) is -0.232. The molecule has 6 heteroatoms. The Morgan fingerprint density at radius 3 is 2.96 bits per heavy atom. The largest absolute Gasteiger partial charge is 0.453 e. The number of amides is 1. The van der Waals surface area contributed by atoms with E-state index >= 15 is 0 Å². The predicted molar refractivity (Wildman–Crippen MR) is 103 cm³/mol. The third-order valence-electron chi connectivity index (χ3n) is 5.23. The van der Waals surface area contributed by atoms with Crippen molar-refractivity contribution in [2.75, 3.05) is 12.8 Å². The van der Waals surface area contributed by atoms with E-state index in [1.54, 1.807) is 12.1 Å². The van der Waals surface area contributed by atoms with Crippen molar-refractivity contribution >= 4 is 22.7 Å². The number of nitrogens with zero attached hydrogens (tertiary/aromatic N) is 1. The minimum absolute atomic E-state index is 0.0274. The Kier molecular flexibility index (Phi) is 4.48. The topological polar surface area (TPSA) is 69.3 Å². The van der Waals surface area contributed by atoms with E-state index in [0.29, 0.717) is 12.2 Å². The number of rotatable bonds is 3. The fourth-order valence-corrected chi connectivity index (χ4v) is 4.01. The quantitative estimate of drug-likeness (QED) is 0.695. The summed E-state index contributed by atoms with van der Waals surface area (Å²) in [6.07, 6.45) is 1.97. The number of nitrogens with one attached hydrogen (secondary N) is 1. The first-order valence-electron chi connectivity index (χ1n) is 9.03. The van der Waals surface area contributed by atoms with Gasteiger partial charge in [-0.05, 0) is 60.7 Å². The summed E-state index contributed by atoms with van der Waals surface area (Å²) >= 11 is 0. The fourth-order valence-electron chi connectivity index (χ4n) is 4.01. The van der Waals surface area contributed by atoms with Crippen LogP contribution in [0, 0.1) is 5.82 Å². The van der Waals surface area contributed by atoms with E-state index in [4.69, 9.17) is 10.5 Å². The van der Waals surface area contributed by atoms with Crippen molar-refractivity contribution in [1.82, 2.24) is 9.88 Å². The van der Waals surface area contributed by atoms with Crippen molar-refractivity contribution in [2.24, 2.45) is 0 Å². The third kappa shape index (κ3) is 3.35. The van der Waals surface area contributed by atoms with Crippen LogP contribution in [0.3, 0.4) is 0 Å². The number of carbonyl (C=O) groups is 1. The van der Waals surface area contributed by atoms with E-state index in [1.165, 1.54) is 24.4 Å². The number of hydrogen-bond acceptors (Lipinski definition) is 3. The van der Waals surface area contributed by atoms with Crippen molar-refractivity contribution in [2.45, 2.75) is 31.8 Å². The second-order valence-corrected chi connectivity index (χ2v) is 6.99. The molecule has 27 heavy (non-hydrogen) atoms. The van der Waals surface area contributed by atoms with Crippen molar-refractivity contribution in [3.63, 3.8) is 0 Å². The maximum Gasteiger partial charge on any atom is 0.407 e.